The molecule has 0 unspecified atom stereocenters. The van der Waals surface area contributed by atoms with E-state index in [0.29, 0.717) is 18.0 Å². The van der Waals surface area contributed by atoms with Crippen molar-refractivity contribution in [3.8, 4) is 0 Å². The average Bonchev–Trinajstić information content (AvgIpc) is 3.11. The van der Waals surface area contributed by atoms with Crippen molar-refractivity contribution in [1.82, 2.24) is 8.87 Å². The van der Waals surface area contributed by atoms with Crippen LogP contribution in [0.5, 0.6) is 0 Å². The molecule has 28 heavy (non-hydrogen) atoms. The molecule has 2 heterocycles. The van der Waals surface area contributed by atoms with Crippen LogP contribution in [0.15, 0.2) is 64.6 Å². The van der Waals surface area contributed by atoms with Crippen molar-refractivity contribution in [3.63, 3.8) is 0 Å². The molecule has 1 aliphatic heterocycles. The van der Waals surface area contributed by atoms with Gasteiger partial charge in [0.1, 0.15) is 0 Å². The molecule has 1 aliphatic rings. The van der Waals surface area contributed by atoms with Crippen molar-refractivity contribution < 1.29 is 8.42 Å². The van der Waals surface area contributed by atoms with E-state index in [9.17, 15) is 8.42 Å². The molecule has 1 fully saturated rings. The van der Waals surface area contributed by atoms with E-state index >= 15 is 0 Å². The van der Waals surface area contributed by atoms with Gasteiger partial charge >= 0.3 is 0 Å². The predicted octanol–water partition coefficient (Wildman–Crippen LogP) is 4.59. The van der Waals surface area contributed by atoms with Crippen LogP contribution in [0.3, 0.4) is 0 Å². The Kier molecular flexibility index (Phi) is 5.33. The summed E-state index contributed by atoms with van der Waals surface area (Å²) < 4.78 is 29.3. The van der Waals surface area contributed by atoms with Gasteiger partial charge in [-0.05, 0) is 50.1 Å². The van der Waals surface area contributed by atoms with E-state index in [1.807, 2.05) is 18.3 Å². The molecule has 1 aromatic heterocycles. The molecule has 0 atom stereocenters. The molecule has 0 amide bonds. The van der Waals surface area contributed by atoms with Gasteiger partial charge in [-0.3, -0.25) is 4.99 Å². The fourth-order valence-corrected chi connectivity index (χ4v) is 5.26. The molecule has 1 saturated heterocycles. The number of hydrogen-bond acceptors (Lipinski definition) is 3. The van der Waals surface area contributed by atoms with Crippen LogP contribution in [0.25, 0.3) is 10.9 Å². The van der Waals surface area contributed by atoms with E-state index < -0.39 is 10.0 Å². The van der Waals surface area contributed by atoms with Gasteiger partial charge in [-0.25, -0.2) is 8.42 Å². The molecule has 0 saturated carbocycles. The van der Waals surface area contributed by atoms with E-state index in [0.717, 1.165) is 42.4 Å². The lowest BCUT2D eigenvalue weighted by Gasteiger charge is -2.25. The highest BCUT2D eigenvalue weighted by Crippen LogP contribution is 2.24. The number of aliphatic imine (C=N–C) groups is 1. The van der Waals surface area contributed by atoms with Crippen molar-refractivity contribution in [2.24, 2.45) is 4.99 Å². The van der Waals surface area contributed by atoms with Crippen LogP contribution in [0, 0.1) is 0 Å². The second-order valence-corrected chi connectivity index (χ2v) is 9.04. The highest BCUT2D eigenvalue weighted by molar-refractivity contribution is 7.89. The van der Waals surface area contributed by atoms with Gasteiger partial charge in [-0.15, -0.1) is 0 Å². The minimum absolute atomic E-state index is 0.343. The molecule has 6 heteroatoms. The molecule has 5 nitrogen and oxygen atoms in total. The van der Waals surface area contributed by atoms with Crippen molar-refractivity contribution >= 4 is 32.8 Å². The molecule has 0 radical (unpaired) electrons. The Balaban J connectivity index is 1.57. The molecule has 0 bridgehead atoms. The summed E-state index contributed by atoms with van der Waals surface area (Å²) >= 11 is 0. The smallest absolute Gasteiger partial charge is 0.243 e. The standard InChI is InChI=1S/C22H25N3O2S/c1-2-24-17-18(21-8-4-5-9-22(21)24)16-23-19-10-12-20(13-11-19)28(26,27)25-14-6-3-7-15-25/h4-5,8-13,16-17H,2-3,6-7,14-15H2,1H3. The molecule has 3 aromatic rings. The maximum atomic E-state index is 12.7. The van der Waals surface area contributed by atoms with E-state index in [4.69, 9.17) is 0 Å². The van der Waals surface area contributed by atoms with Crippen LogP contribution in [0.1, 0.15) is 31.7 Å². The Bertz CT molecular complexity index is 1090. The number of aromatic nitrogens is 1. The summed E-state index contributed by atoms with van der Waals surface area (Å²) in [4.78, 5) is 4.91. The normalized spacial score (nSPS) is 16.2. The number of rotatable bonds is 5. The first-order valence-electron chi connectivity index (χ1n) is 9.82. The summed E-state index contributed by atoms with van der Waals surface area (Å²) in [6.45, 7) is 4.25. The molecular weight excluding hydrogens is 370 g/mol. The van der Waals surface area contributed by atoms with E-state index in [1.54, 1.807) is 28.6 Å². The number of hydrogen-bond donors (Lipinski definition) is 0. The van der Waals surface area contributed by atoms with Gasteiger partial charge in [0, 0.05) is 48.5 Å². The Morgan fingerprint density at radius 3 is 2.43 bits per heavy atom. The SMILES string of the molecule is CCn1cc(C=Nc2ccc(S(=O)(=O)N3CCCCC3)cc2)c2ccccc21. The quantitative estimate of drug-likeness (QED) is 0.594. The third-order valence-corrected chi connectivity index (χ3v) is 7.22. The second-order valence-electron chi connectivity index (χ2n) is 7.10. The highest BCUT2D eigenvalue weighted by Gasteiger charge is 2.25. The molecule has 146 valence electrons. The number of nitrogens with zero attached hydrogens (tertiary/aromatic N) is 3. The van der Waals surface area contributed by atoms with Crippen molar-refractivity contribution in [3.05, 3.63) is 60.3 Å². The summed E-state index contributed by atoms with van der Waals surface area (Å²) in [5.74, 6) is 0. The summed E-state index contributed by atoms with van der Waals surface area (Å²) in [5.41, 5.74) is 2.99. The Morgan fingerprint density at radius 1 is 1.00 bits per heavy atom. The molecule has 0 spiro atoms. The highest BCUT2D eigenvalue weighted by atomic mass is 32.2. The third kappa shape index (κ3) is 3.62. The zero-order valence-electron chi connectivity index (χ0n) is 16.1. The van der Waals surface area contributed by atoms with Gasteiger partial charge in [0.05, 0.1) is 10.6 Å². The number of benzene rings is 2. The van der Waals surface area contributed by atoms with Gasteiger partial charge in [-0.1, -0.05) is 24.6 Å². The Labute approximate surface area is 166 Å². The number of piperidine rings is 1. The first-order chi connectivity index (χ1) is 13.6. The fourth-order valence-electron chi connectivity index (χ4n) is 3.74. The summed E-state index contributed by atoms with van der Waals surface area (Å²) in [7, 11) is -3.40. The lowest BCUT2D eigenvalue weighted by Crippen LogP contribution is -2.35. The van der Waals surface area contributed by atoms with Crippen LogP contribution in [0.2, 0.25) is 0 Å². The topological polar surface area (TPSA) is 54.7 Å². The minimum Gasteiger partial charge on any atom is -0.347 e. The maximum Gasteiger partial charge on any atom is 0.243 e. The van der Waals surface area contributed by atoms with E-state index in [2.05, 4.69) is 34.8 Å². The number of aryl methyl sites for hydroxylation is 1. The predicted molar refractivity (Wildman–Crippen MR) is 114 cm³/mol. The van der Waals surface area contributed by atoms with E-state index in [-0.39, 0.29) is 0 Å². The average molecular weight is 396 g/mol. The number of fused-ring (bicyclic) bond motifs is 1. The molecule has 2 aromatic carbocycles. The number of para-hydroxylation sites is 1. The van der Waals surface area contributed by atoms with Crippen LogP contribution < -0.4 is 0 Å². The van der Waals surface area contributed by atoms with Crippen LogP contribution in [-0.2, 0) is 16.6 Å². The van der Waals surface area contributed by atoms with Crippen molar-refractivity contribution in [1.29, 1.82) is 0 Å². The van der Waals surface area contributed by atoms with Crippen molar-refractivity contribution in [2.45, 2.75) is 37.6 Å². The lowest BCUT2D eigenvalue weighted by molar-refractivity contribution is 0.346. The van der Waals surface area contributed by atoms with Gasteiger partial charge < -0.3 is 4.57 Å². The molecular formula is C22H25N3O2S. The van der Waals surface area contributed by atoms with Gasteiger partial charge in [0.2, 0.25) is 10.0 Å². The first-order valence-corrected chi connectivity index (χ1v) is 11.3. The largest absolute Gasteiger partial charge is 0.347 e. The lowest BCUT2D eigenvalue weighted by atomic mass is 10.2. The van der Waals surface area contributed by atoms with Crippen LogP contribution in [-0.4, -0.2) is 36.6 Å². The minimum atomic E-state index is -3.40. The monoisotopic (exact) mass is 395 g/mol. The zero-order chi connectivity index (χ0) is 19.6. The first kappa shape index (κ1) is 18.9. The fraction of sp³-hybridized carbons (Fsp3) is 0.318. The third-order valence-electron chi connectivity index (χ3n) is 5.30. The summed E-state index contributed by atoms with van der Waals surface area (Å²) in [6, 6.07) is 15.1. The van der Waals surface area contributed by atoms with Crippen molar-refractivity contribution in [2.75, 3.05) is 13.1 Å². The summed E-state index contributed by atoms with van der Waals surface area (Å²) in [5, 5.41) is 1.16. The Morgan fingerprint density at radius 2 is 1.71 bits per heavy atom. The number of sulfonamides is 1. The maximum absolute atomic E-state index is 12.7. The van der Waals surface area contributed by atoms with E-state index in [1.165, 1.54) is 5.52 Å². The molecule has 4 rings (SSSR count). The van der Waals surface area contributed by atoms with Gasteiger partial charge in [-0.2, -0.15) is 4.31 Å². The second kappa shape index (κ2) is 7.89. The van der Waals surface area contributed by atoms with Crippen LogP contribution >= 0.6 is 0 Å². The van der Waals surface area contributed by atoms with Gasteiger partial charge in [0.15, 0.2) is 0 Å². The summed E-state index contributed by atoms with van der Waals surface area (Å²) in [6.07, 6.45) is 6.93. The Hall–Kier alpha value is -2.44. The van der Waals surface area contributed by atoms with Gasteiger partial charge in [0.25, 0.3) is 0 Å². The molecule has 0 N–H and O–H groups in total. The zero-order valence-corrected chi connectivity index (χ0v) is 16.9. The molecule has 0 aliphatic carbocycles. The van der Waals surface area contributed by atoms with Crippen LogP contribution in [0.4, 0.5) is 5.69 Å².